The molecule has 1 aliphatic carbocycles. The van der Waals surface area contributed by atoms with Crippen LogP contribution in [0.25, 0.3) is 0 Å². The van der Waals surface area contributed by atoms with Gasteiger partial charge >= 0.3 is 0 Å². The molecule has 0 bridgehead atoms. The molecule has 2 amide bonds. The Balaban J connectivity index is 1.62. The van der Waals surface area contributed by atoms with Crippen LogP contribution in [-0.2, 0) is 6.42 Å². The molecule has 0 saturated carbocycles. The van der Waals surface area contributed by atoms with Gasteiger partial charge in [-0.05, 0) is 42.7 Å². The maximum Gasteiger partial charge on any atom is 0.264 e. The minimum absolute atomic E-state index is 0.116. The van der Waals surface area contributed by atoms with Gasteiger partial charge in [0.05, 0.1) is 11.1 Å². The third-order valence-corrected chi connectivity index (χ3v) is 4.97. The Kier molecular flexibility index (Phi) is 4.07. The molecule has 0 fully saturated rings. The standard InChI is InChI=1S/C21H19NO4/c1-2-19(22-20(24)15-7-3-4-8-16(15)21(22)25)26-14-11-10-13-6-5-9-18(23)17(13)12-14/h3-4,7-8,10-12,19H,2,5-6,9H2,1H3. The summed E-state index contributed by atoms with van der Waals surface area (Å²) < 4.78 is 5.97. The number of amides is 2. The fourth-order valence-corrected chi connectivity index (χ4v) is 3.63. The third kappa shape index (κ3) is 2.60. The summed E-state index contributed by atoms with van der Waals surface area (Å²) in [7, 11) is 0. The lowest BCUT2D eigenvalue weighted by atomic mass is 9.90. The molecule has 1 atom stereocenters. The first-order valence-corrected chi connectivity index (χ1v) is 8.90. The summed E-state index contributed by atoms with van der Waals surface area (Å²) in [4.78, 5) is 38.6. The number of Topliss-reactive ketones (excluding diaryl/α,β-unsaturated/α-hetero) is 1. The van der Waals surface area contributed by atoms with Gasteiger partial charge in [-0.1, -0.05) is 25.1 Å². The molecule has 26 heavy (non-hydrogen) atoms. The van der Waals surface area contributed by atoms with Crippen molar-refractivity contribution in [1.29, 1.82) is 0 Å². The quantitative estimate of drug-likeness (QED) is 0.791. The molecule has 0 N–H and O–H groups in total. The summed E-state index contributed by atoms with van der Waals surface area (Å²) in [5, 5.41) is 0. The molecule has 132 valence electrons. The molecular formula is C21H19NO4. The van der Waals surface area contributed by atoms with E-state index in [1.54, 1.807) is 36.4 Å². The van der Waals surface area contributed by atoms with Crippen molar-refractivity contribution in [3.8, 4) is 5.75 Å². The number of nitrogens with zero attached hydrogens (tertiary/aromatic N) is 1. The third-order valence-electron chi connectivity index (χ3n) is 4.97. The summed E-state index contributed by atoms with van der Waals surface area (Å²) in [6.07, 6.45) is 2.05. The van der Waals surface area contributed by atoms with Crippen molar-refractivity contribution in [3.63, 3.8) is 0 Å². The predicted molar refractivity (Wildman–Crippen MR) is 95.4 cm³/mol. The van der Waals surface area contributed by atoms with Gasteiger partial charge < -0.3 is 4.74 Å². The van der Waals surface area contributed by atoms with Crippen LogP contribution in [-0.4, -0.2) is 28.7 Å². The summed E-state index contributed by atoms with van der Waals surface area (Å²) >= 11 is 0. The van der Waals surface area contributed by atoms with Crippen molar-refractivity contribution in [2.24, 2.45) is 0 Å². The highest BCUT2D eigenvalue weighted by Gasteiger charge is 2.40. The van der Waals surface area contributed by atoms with Crippen molar-refractivity contribution in [2.75, 3.05) is 0 Å². The molecule has 0 spiro atoms. The zero-order chi connectivity index (χ0) is 18.3. The fourth-order valence-electron chi connectivity index (χ4n) is 3.63. The summed E-state index contributed by atoms with van der Waals surface area (Å²) in [6.45, 7) is 1.86. The highest BCUT2D eigenvalue weighted by Crippen LogP contribution is 2.29. The van der Waals surface area contributed by atoms with Crippen LogP contribution in [0.2, 0.25) is 0 Å². The lowest BCUT2D eigenvalue weighted by Gasteiger charge is -2.26. The molecule has 1 heterocycles. The van der Waals surface area contributed by atoms with Gasteiger partial charge in [0.1, 0.15) is 5.75 Å². The smallest absolute Gasteiger partial charge is 0.264 e. The Morgan fingerprint density at radius 1 is 0.962 bits per heavy atom. The second-order valence-corrected chi connectivity index (χ2v) is 6.60. The Morgan fingerprint density at radius 3 is 2.31 bits per heavy atom. The van der Waals surface area contributed by atoms with Crippen LogP contribution in [0.15, 0.2) is 42.5 Å². The molecule has 5 nitrogen and oxygen atoms in total. The largest absolute Gasteiger partial charge is 0.470 e. The number of hydrogen-bond acceptors (Lipinski definition) is 4. The van der Waals surface area contributed by atoms with E-state index in [0.717, 1.165) is 18.4 Å². The second-order valence-electron chi connectivity index (χ2n) is 6.60. The van der Waals surface area contributed by atoms with Gasteiger partial charge in [0.2, 0.25) is 0 Å². The lowest BCUT2D eigenvalue weighted by Crippen LogP contribution is -2.43. The zero-order valence-electron chi connectivity index (χ0n) is 14.5. The number of carbonyl (C=O) groups is 3. The van der Waals surface area contributed by atoms with Crippen molar-refractivity contribution in [3.05, 3.63) is 64.7 Å². The number of fused-ring (bicyclic) bond motifs is 2. The normalized spacial score (nSPS) is 17.1. The Bertz CT molecular complexity index is 883. The van der Waals surface area contributed by atoms with E-state index in [0.29, 0.717) is 35.3 Å². The van der Waals surface area contributed by atoms with E-state index in [1.165, 1.54) is 4.90 Å². The van der Waals surface area contributed by atoms with E-state index < -0.39 is 6.23 Å². The highest BCUT2D eigenvalue weighted by atomic mass is 16.5. The molecule has 1 aliphatic heterocycles. The van der Waals surface area contributed by atoms with Gasteiger partial charge in [0.15, 0.2) is 12.0 Å². The first kappa shape index (κ1) is 16.5. The minimum Gasteiger partial charge on any atom is -0.470 e. The van der Waals surface area contributed by atoms with Crippen molar-refractivity contribution < 1.29 is 19.1 Å². The number of rotatable bonds is 4. The van der Waals surface area contributed by atoms with Gasteiger partial charge in [0.25, 0.3) is 11.8 Å². The number of aryl methyl sites for hydroxylation is 1. The molecule has 1 unspecified atom stereocenters. The molecule has 2 aromatic rings. The van der Waals surface area contributed by atoms with Crippen LogP contribution in [0.1, 0.15) is 62.8 Å². The number of imide groups is 1. The van der Waals surface area contributed by atoms with Crippen LogP contribution in [0.4, 0.5) is 0 Å². The van der Waals surface area contributed by atoms with E-state index in [9.17, 15) is 14.4 Å². The first-order valence-electron chi connectivity index (χ1n) is 8.90. The van der Waals surface area contributed by atoms with E-state index in [4.69, 9.17) is 4.74 Å². The molecule has 4 rings (SSSR count). The molecular weight excluding hydrogens is 330 g/mol. The van der Waals surface area contributed by atoms with Gasteiger partial charge in [-0.3, -0.25) is 14.4 Å². The van der Waals surface area contributed by atoms with Gasteiger partial charge in [-0.2, -0.15) is 0 Å². The Hall–Kier alpha value is -2.95. The van der Waals surface area contributed by atoms with Crippen LogP contribution in [0, 0.1) is 0 Å². The topological polar surface area (TPSA) is 63.7 Å². The summed E-state index contributed by atoms with van der Waals surface area (Å²) in [6, 6.07) is 12.2. The van der Waals surface area contributed by atoms with E-state index >= 15 is 0 Å². The zero-order valence-corrected chi connectivity index (χ0v) is 14.5. The van der Waals surface area contributed by atoms with Crippen molar-refractivity contribution in [1.82, 2.24) is 4.90 Å². The van der Waals surface area contributed by atoms with Crippen molar-refractivity contribution >= 4 is 17.6 Å². The Morgan fingerprint density at radius 2 is 1.65 bits per heavy atom. The molecule has 2 aromatic carbocycles. The molecule has 2 aliphatic rings. The molecule has 0 aromatic heterocycles. The van der Waals surface area contributed by atoms with E-state index in [2.05, 4.69) is 0 Å². The number of benzene rings is 2. The highest BCUT2D eigenvalue weighted by molar-refractivity contribution is 6.21. The number of carbonyl (C=O) groups excluding carboxylic acids is 3. The average molecular weight is 349 g/mol. The van der Waals surface area contributed by atoms with Crippen LogP contribution in [0.3, 0.4) is 0 Å². The Labute approximate surface area is 151 Å². The van der Waals surface area contributed by atoms with Crippen LogP contribution >= 0.6 is 0 Å². The number of ketones is 1. The van der Waals surface area contributed by atoms with Crippen LogP contribution in [0.5, 0.6) is 5.75 Å². The number of ether oxygens (including phenoxy) is 1. The minimum atomic E-state index is -0.709. The first-order chi connectivity index (χ1) is 12.6. The number of hydrogen-bond donors (Lipinski definition) is 0. The van der Waals surface area contributed by atoms with Crippen molar-refractivity contribution in [2.45, 2.75) is 38.8 Å². The second kappa shape index (κ2) is 6.41. The molecule has 5 heteroatoms. The van der Waals surface area contributed by atoms with Gasteiger partial charge in [-0.15, -0.1) is 0 Å². The maximum atomic E-state index is 12.7. The van der Waals surface area contributed by atoms with E-state index in [1.807, 2.05) is 13.0 Å². The lowest BCUT2D eigenvalue weighted by molar-refractivity contribution is 0.0225. The predicted octanol–water partition coefficient (Wildman–Crippen LogP) is 3.62. The summed E-state index contributed by atoms with van der Waals surface area (Å²) in [5.74, 6) is -0.0640. The maximum absolute atomic E-state index is 12.7. The van der Waals surface area contributed by atoms with Crippen LogP contribution < -0.4 is 4.74 Å². The van der Waals surface area contributed by atoms with Gasteiger partial charge in [0, 0.05) is 18.4 Å². The average Bonchev–Trinajstić information content (AvgIpc) is 2.92. The fraction of sp³-hybridized carbons (Fsp3) is 0.286. The monoisotopic (exact) mass is 349 g/mol. The van der Waals surface area contributed by atoms with E-state index in [-0.39, 0.29) is 17.6 Å². The van der Waals surface area contributed by atoms with Gasteiger partial charge in [-0.25, -0.2) is 4.90 Å². The summed E-state index contributed by atoms with van der Waals surface area (Å²) in [5.41, 5.74) is 2.52. The molecule has 0 saturated heterocycles. The SMILES string of the molecule is CCC(Oc1ccc2c(c1)C(=O)CCC2)N1C(=O)c2ccccc2C1=O. The molecule has 0 radical (unpaired) electrons.